The SMILES string of the molecule is O=C1CCCCC1C1(c2ccccc2)CCCCC1. The van der Waals surface area contributed by atoms with Gasteiger partial charge in [0.25, 0.3) is 0 Å². The minimum Gasteiger partial charge on any atom is -0.299 e. The van der Waals surface area contributed by atoms with E-state index in [1.54, 1.807) is 0 Å². The summed E-state index contributed by atoms with van der Waals surface area (Å²) >= 11 is 0. The zero-order valence-electron chi connectivity index (χ0n) is 11.7. The van der Waals surface area contributed by atoms with Crippen LogP contribution < -0.4 is 0 Å². The third kappa shape index (κ3) is 2.35. The third-order valence-corrected chi connectivity index (χ3v) is 5.32. The van der Waals surface area contributed by atoms with Crippen LogP contribution >= 0.6 is 0 Å². The fourth-order valence-electron chi connectivity index (χ4n) is 4.36. The van der Waals surface area contributed by atoms with Crippen LogP contribution in [0.3, 0.4) is 0 Å². The van der Waals surface area contributed by atoms with Crippen LogP contribution in [-0.4, -0.2) is 5.78 Å². The lowest BCUT2D eigenvalue weighted by molar-refractivity contribution is -0.127. The van der Waals surface area contributed by atoms with Crippen molar-refractivity contribution in [1.82, 2.24) is 0 Å². The molecule has 3 rings (SSSR count). The molecule has 2 saturated carbocycles. The van der Waals surface area contributed by atoms with Crippen molar-refractivity contribution in [2.45, 2.75) is 63.2 Å². The van der Waals surface area contributed by atoms with Crippen LogP contribution in [0.4, 0.5) is 0 Å². The molecule has 2 aliphatic carbocycles. The predicted molar refractivity (Wildman–Crippen MR) is 78.2 cm³/mol. The van der Waals surface area contributed by atoms with E-state index in [4.69, 9.17) is 0 Å². The molecule has 2 fully saturated rings. The van der Waals surface area contributed by atoms with Gasteiger partial charge in [0.15, 0.2) is 0 Å². The highest BCUT2D eigenvalue weighted by atomic mass is 16.1. The number of carbonyl (C=O) groups is 1. The van der Waals surface area contributed by atoms with E-state index < -0.39 is 0 Å². The molecule has 0 heterocycles. The zero-order chi connectivity index (χ0) is 13.1. The Kier molecular flexibility index (Phi) is 3.72. The van der Waals surface area contributed by atoms with Gasteiger partial charge < -0.3 is 0 Å². The van der Waals surface area contributed by atoms with Gasteiger partial charge in [-0.3, -0.25) is 4.79 Å². The summed E-state index contributed by atoms with van der Waals surface area (Å²) in [5.74, 6) is 0.834. The van der Waals surface area contributed by atoms with E-state index in [1.807, 2.05) is 0 Å². The van der Waals surface area contributed by atoms with Crippen LogP contribution in [0.5, 0.6) is 0 Å². The van der Waals surface area contributed by atoms with Crippen LogP contribution in [0.2, 0.25) is 0 Å². The second-order valence-electron chi connectivity index (χ2n) is 6.35. The number of hydrogen-bond donors (Lipinski definition) is 0. The van der Waals surface area contributed by atoms with Crippen molar-refractivity contribution in [3.05, 3.63) is 35.9 Å². The highest BCUT2D eigenvalue weighted by molar-refractivity contribution is 5.83. The summed E-state index contributed by atoms with van der Waals surface area (Å²) in [5, 5.41) is 0. The summed E-state index contributed by atoms with van der Waals surface area (Å²) < 4.78 is 0. The lowest BCUT2D eigenvalue weighted by Crippen LogP contribution is -2.43. The molecule has 102 valence electrons. The van der Waals surface area contributed by atoms with Crippen molar-refractivity contribution in [3.63, 3.8) is 0 Å². The molecule has 1 heteroatoms. The summed E-state index contributed by atoms with van der Waals surface area (Å²) in [6.45, 7) is 0. The maximum Gasteiger partial charge on any atom is 0.136 e. The molecule has 0 radical (unpaired) electrons. The topological polar surface area (TPSA) is 17.1 Å². The highest BCUT2D eigenvalue weighted by Crippen LogP contribution is 2.48. The van der Waals surface area contributed by atoms with Crippen LogP contribution in [0.25, 0.3) is 0 Å². The second-order valence-corrected chi connectivity index (χ2v) is 6.35. The number of hydrogen-bond acceptors (Lipinski definition) is 1. The monoisotopic (exact) mass is 256 g/mol. The van der Waals surface area contributed by atoms with Crippen LogP contribution in [0.15, 0.2) is 30.3 Å². The molecular weight excluding hydrogens is 232 g/mol. The summed E-state index contributed by atoms with van der Waals surface area (Å²) in [6, 6.07) is 10.9. The van der Waals surface area contributed by atoms with Crippen molar-refractivity contribution >= 4 is 5.78 Å². The molecule has 2 aliphatic rings. The lowest BCUT2D eigenvalue weighted by Gasteiger charge is -2.45. The van der Waals surface area contributed by atoms with Gasteiger partial charge in [-0.25, -0.2) is 0 Å². The first kappa shape index (κ1) is 12.9. The van der Waals surface area contributed by atoms with Crippen molar-refractivity contribution in [1.29, 1.82) is 0 Å². The van der Waals surface area contributed by atoms with Crippen molar-refractivity contribution < 1.29 is 4.79 Å². The number of benzene rings is 1. The van der Waals surface area contributed by atoms with Crippen LogP contribution in [0, 0.1) is 5.92 Å². The summed E-state index contributed by atoms with van der Waals surface area (Å²) in [6.07, 6.45) is 10.6. The van der Waals surface area contributed by atoms with Gasteiger partial charge >= 0.3 is 0 Å². The molecule has 0 aromatic heterocycles. The molecule has 1 aromatic rings. The molecule has 0 saturated heterocycles. The summed E-state index contributed by atoms with van der Waals surface area (Å²) in [5.41, 5.74) is 1.59. The Morgan fingerprint density at radius 3 is 2.32 bits per heavy atom. The Morgan fingerprint density at radius 2 is 1.63 bits per heavy atom. The fraction of sp³-hybridized carbons (Fsp3) is 0.611. The second kappa shape index (κ2) is 5.48. The van der Waals surface area contributed by atoms with Crippen molar-refractivity contribution in [2.24, 2.45) is 5.92 Å². The Bertz CT molecular complexity index is 428. The fourth-order valence-corrected chi connectivity index (χ4v) is 4.36. The van der Waals surface area contributed by atoms with E-state index in [0.29, 0.717) is 11.7 Å². The third-order valence-electron chi connectivity index (χ3n) is 5.32. The number of ketones is 1. The first-order valence-corrected chi connectivity index (χ1v) is 7.91. The average molecular weight is 256 g/mol. The largest absolute Gasteiger partial charge is 0.299 e. The molecular formula is C18H24O. The predicted octanol–water partition coefficient (Wildman–Crippen LogP) is 4.65. The van der Waals surface area contributed by atoms with Gasteiger partial charge in [0, 0.05) is 17.8 Å². The maximum atomic E-state index is 12.5. The quantitative estimate of drug-likeness (QED) is 0.753. The van der Waals surface area contributed by atoms with Gasteiger partial charge in [-0.1, -0.05) is 56.0 Å². The molecule has 19 heavy (non-hydrogen) atoms. The van der Waals surface area contributed by atoms with Crippen molar-refractivity contribution in [3.8, 4) is 0 Å². The van der Waals surface area contributed by atoms with Gasteiger partial charge in [0.1, 0.15) is 5.78 Å². The van der Waals surface area contributed by atoms with Gasteiger partial charge in [-0.05, 0) is 31.2 Å². The standard InChI is InChI=1S/C18H24O/c19-17-12-6-5-11-16(17)18(13-7-2-8-14-18)15-9-3-1-4-10-15/h1,3-4,9-10,16H,2,5-8,11-14H2. The normalized spacial score (nSPS) is 27.2. The molecule has 0 N–H and O–H groups in total. The Balaban J connectivity index is 1.98. The Labute approximate surface area is 116 Å². The lowest BCUT2D eigenvalue weighted by atomic mass is 9.58. The highest BCUT2D eigenvalue weighted by Gasteiger charge is 2.44. The first-order chi connectivity index (χ1) is 9.33. The number of Topliss-reactive ketones (excluding diaryl/α,β-unsaturated/α-hetero) is 1. The summed E-state index contributed by atoms with van der Waals surface area (Å²) in [7, 11) is 0. The molecule has 1 atom stereocenters. The molecule has 0 spiro atoms. The number of rotatable bonds is 2. The van der Waals surface area contributed by atoms with E-state index in [1.165, 1.54) is 44.1 Å². The van der Waals surface area contributed by atoms with Gasteiger partial charge in [0.2, 0.25) is 0 Å². The summed E-state index contributed by atoms with van der Waals surface area (Å²) in [4.78, 5) is 12.5. The maximum absolute atomic E-state index is 12.5. The molecule has 0 bridgehead atoms. The number of carbonyl (C=O) groups excluding carboxylic acids is 1. The molecule has 1 aromatic carbocycles. The minimum atomic E-state index is 0.164. The van der Waals surface area contributed by atoms with E-state index in [0.717, 1.165) is 19.3 Å². The smallest absolute Gasteiger partial charge is 0.136 e. The van der Waals surface area contributed by atoms with Gasteiger partial charge in [-0.15, -0.1) is 0 Å². The average Bonchev–Trinajstić information content (AvgIpc) is 2.49. The van der Waals surface area contributed by atoms with Gasteiger partial charge in [0.05, 0.1) is 0 Å². The molecule has 1 nitrogen and oxygen atoms in total. The molecule has 0 amide bonds. The Morgan fingerprint density at radius 1 is 0.895 bits per heavy atom. The van der Waals surface area contributed by atoms with E-state index in [9.17, 15) is 4.79 Å². The minimum absolute atomic E-state index is 0.164. The van der Waals surface area contributed by atoms with Gasteiger partial charge in [-0.2, -0.15) is 0 Å². The Hall–Kier alpha value is -1.11. The molecule has 1 unspecified atom stereocenters. The van der Waals surface area contributed by atoms with E-state index in [-0.39, 0.29) is 5.41 Å². The van der Waals surface area contributed by atoms with Crippen LogP contribution in [0.1, 0.15) is 63.4 Å². The van der Waals surface area contributed by atoms with E-state index >= 15 is 0 Å². The van der Waals surface area contributed by atoms with E-state index in [2.05, 4.69) is 30.3 Å². The zero-order valence-corrected chi connectivity index (χ0v) is 11.7. The molecule has 0 aliphatic heterocycles. The first-order valence-electron chi connectivity index (χ1n) is 7.91. The van der Waals surface area contributed by atoms with Crippen LogP contribution in [-0.2, 0) is 10.2 Å². The van der Waals surface area contributed by atoms with Crippen molar-refractivity contribution in [2.75, 3.05) is 0 Å².